The van der Waals surface area contributed by atoms with Crippen molar-refractivity contribution in [2.75, 3.05) is 20.6 Å². The molecular formula is C19H27N3O2S. The summed E-state index contributed by atoms with van der Waals surface area (Å²) in [4.78, 5) is 30.9. The number of amides is 2. The smallest absolute Gasteiger partial charge is 0.261 e. The first-order chi connectivity index (χ1) is 11.9. The molecular weight excluding hydrogens is 334 g/mol. The number of thiophene rings is 1. The zero-order valence-corrected chi connectivity index (χ0v) is 16.0. The van der Waals surface area contributed by atoms with Gasteiger partial charge in [-0.3, -0.25) is 9.59 Å². The lowest BCUT2D eigenvalue weighted by Crippen LogP contribution is -2.52. The average molecular weight is 362 g/mol. The number of nitrogens with one attached hydrogen (secondary N) is 1. The van der Waals surface area contributed by atoms with Gasteiger partial charge in [-0.25, -0.2) is 0 Å². The number of carbonyl (C=O) groups excluding carboxylic acids is 2. The van der Waals surface area contributed by atoms with E-state index in [1.54, 1.807) is 6.08 Å². The molecule has 0 radical (unpaired) electrons. The van der Waals surface area contributed by atoms with Crippen molar-refractivity contribution in [3.05, 3.63) is 34.0 Å². The van der Waals surface area contributed by atoms with Gasteiger partial charge >= 0.3 is 0 Å². The predicted molar refractivity (Wildman–Crippen MR) is 101 cm³/mol. The fourth-order valence-corrected chi connectivity index (χ4v) is 4.69. The number of hydrogen-bond donors (Lipinski definition) is 1. The van der Waals surface area contributed by atoms with Crippen molar-refractivity contribution < 1.29 is 9.59 Å². The number of aryl methyl sites for hydroxylation is 1. The third kappa shape index (κ3) is 4.30. The van der Waals surface area contributed by atoms with Crippen LogP contribution in [-0.4, -0.2) is 60.4 Å². The summed E-state index contributed by atoms with van der Waals surface area (Å²) in [5.74, 6) is 0.140. The van der Waals surface area contributed by atoms with Gasteiger partial charge in [-0.15, -0.1) is 11.3 Å². The van der Waals surface area contributed by atoms with Crippen LogP contribution in [0.3, 0.4) is 0 Å². The van der Waals surface area contributed by atoms with Crippen molar-refractivity contribution >= 4 is 23.2 Å². The molecule has 2 saturated heterocycles. The van der Waals surface area contributed by atoms with Gasteiger partial charge in [-0.05, 0) is 58.8 Å². The molecule has 2 aliphatic heterocycles. The Kier molecular flexibility index (Phi) is 5.59. The molecule has 0 aromatic carbocycles. The standard InChI is InChI=1S/C19H27N3O2S/c1-13-6-9-17(25-13)19(24)20-14-11-15-7-8-16(12-14)22(15)18(23)5-4-10-21(2)3/h4-6,9,14-16H,7-8,10-12H2,1-3H3,(H,20,24)/b5-4+. The van der Waals surface area contributed by atoms with Crippen LogP contribution in [-0.2, 0) is 4.79 Å². The molecule has 2 unspecified atom stereocenters. The first kappa shape index (κ1) is 18.1. The monoisotopic (exact) mass is 361 g/mol. The van der Waals surface area contributed by atoms with Crippen molar-refractivity contribution in [1.82, 2.24) is 15.1 Å². The van der Waals surface area contributed by atoms with E-state index in [-0.39, 0.29) is 29.9 Å². The van der Waals surface area contributed by atoms with Gasteiger partial charge in [-0.2, -0.15) is 0 Å². The van der Waals surface area contributed by atoms with Crippen LogP contribution in [0.5, 0.6) is 0 Å². The summed E-state index contributed by atoms with van der Waals surface area (Å²) in [6, 6.07) is 4.54. The van der Waals surface area contributed by atoms with Crippen LogP contribution in [0.25, 0.3) is 0 Å². The third-order valence-electron chi connectivity index (χ3n) is 5.02. The zero-order chi connectivity index (χ0) is 18.0. The van der Waals surface area contributed by atoms with E-state index in [1.807, 2.05) is 49.0 Å². The second-order valence-corrected chi connectivity index (χ2v) is 8.64. The Morgan fingerprint density at radius 3 is 2.52 bits per heavy atom. The largest absolute Gasteiger partial charge is 0.348 e. The van der Waals surface area contributed by atoms with E-state index in [0.717, 1.165) is 42.0 Å². The highest BCUT2D eigenvalue weighted by molar-refractivity contribution is 7.13. The van der Waals surface area contributed by atoms with Crippen LogP contribution >= 0.6 is 11.3 Å². The molecule has 1 N–H and O–H groups in total. The molecule has 2 bridgehead atoms. The first-order valence-corrected chi connectivity index (χ1v) is 9.76. The van der Waals surface area contributed by atoms with Crippen LogP contribution in [0.2, 0.25) is 0 Å². The Hall–Kier alpha value is -1.66. The number of nitrogens with zero attached hydrogens (tertiary/aromatic N) is 2. The Morgan fingerprint density at radius 2 is 1.96 bits per heavy atom. The number of rotatable bonds is 5. The molecule has 2 atom stereocenters. The van der Waals surface area contributed by atoms with E-state index in [4.69, 9.17) is 0 Å². The molecule has 0 saturated carbocycles. The minimum absolute atomic E-state index is 0.0214. The summed E-state index contributed by atoms with van der Waals surface area (Å²) < 4.78 is 0. The van der Waals surface area contributed by atoms with Gasteiger partial charge in [0.25, 0.3) is 5.91 Å². The first-order valence-electron chi connectivity index (χ1n) is 8.95. The SMILES string of the molecule is Cc1ccc(C(=O)NC2CC3CCC(C2)N3C(=O)/C=C/CN(C)C)s1. The molecule has 5 nitrogen and oxygen atoms in total. The van der Waals surface area contributed by atoms with E-state index in [1.165, 1.54) is 11.3 Å². The second kappa shape index (κ2) is 7.70. The molecule has 1 aromatic heterocycles. The molecule has 6 heteroatoms. The van der Waals surface area contributed by atoms with Crippen LogP contribution in [0.1, 0.15) is 40.2 Å². The molecule has 25 heavy (non-hydrogen) atoms. The molecule has 3 rings (SSSR count). The van der Waals surface area contributed by atoms with Gasteiger partial charge in [-0.1, -0.05) is 6.08 Å². The van der Waals surface area contributed by atoms with Crippen LogP contribution < -0.4 is 5.32 Å². The van der Waals surface area contributed by atoms with Gasteiger partial charge < -0.3 is 15.1 Å². The van der Waals surface area contributed by atoms with Gasteiger partial charge in [0, 0.05) is 35.6 Å². The summed E-state index contributed by atoms with van der Waals surface area (Å²) in [7, 11) is 3.98. The van der Waals surface area contributed by atoms with Crippen molar-refractivity contribution in [1.29, 1.82) is 0 Å². The lowest BCUT2D eigenvalue weighted by molar-refractivity contribution is -0.130. The van der Waals surface area contributed by atoms with E-state index in [2.05, 4.69) is 5.32 Å². The maximum absolute atomic E-state index is 12.5. The normalized spacial score (nSPS) is 25.8. The average Bonchev–Trinajstić information content (AvgIpc) is 3.09. The highest BCUT2D eigenvalue weighted by atomic mass is 32.1. The summed E-state index contributed by atoms with van der Waals surface area (Å²) >= 11 is 1.53. The Bertz CT molecular complexity index is 653. The lowest BCUT2D eigenvalue weighted by Gasteiger charge is -2.38. The minimum atomic E-state index is 0.0214. The van der Waals surface area contributed by atoms with E-state index in [9.17, 15) is 9.59 Å². The molecule has 2 amide bonds. The number of likely N-dealkylation sites (N-methyl/N-ethyl adjacent to an activating group) is 1. The van der Waals surface area contributed by atoms with Crippen LogP contribution in [0.15, 0.2) is 24.3 Å². The highest BCUT2D eigenvalue weighted by Gasteiger charge is 2.42. The highest BCUT2D eigenvalue weighted by Crippen LogP contribution is 2.36. The van der Waals surface area contributed by atoms with Crippen molar-refractivity contribution in [3.8, 4) is 0 Å². The van der Waals surface area contributed by atoms with Gasteiger partial charge in [0.05, 0.1) is 4.88 Å². The molecule has 3 heterocycles. The van der Waals surface area contributed by atoms with Crippen molar-refractivity contribution in [2.45, 2.75) is 50.7 Å². The number of piperidine rings is 1. The molecule has 136 valence electrons. The van der Waals surface area contributed by atoms with E-state index >= 15 is 0 Å². The van der Waals surface area contributed by atoms with Crippen LogP contribution in [0, 0.1) is 6.92 Å². The molecule has 2 aliphatic rings. The van der Waals surface area contributed by atoms with Crippen molar-refractivity contribution in [2.24, 2.45) is 0 Å². The minimum Gasteiger partial charge on any atom is -0.348 e. The quantitative estimate of drug-likeness (QED) is 0.820. The molecule has 0 spiro atoms. The van der Waals surface area contributed by atoms with E-state index < -0.39 is 0 Å². The third-order valence-corrected chi connectivity index (χ3v) is 6.02. The second-order valence-electron chi connectivity index (χ2n) is 7.35. The topological polar surface area (TPSA) is 52.7 Å². The predicted octanol–water partition coefficient (Wildman–Crippen LogP) is 2.43. The molecule has 1 aromatic rings. The number of fused-ring (bicyclic) bond motifs is 2. The molecule has 0 aliphatic carbocycles. The van der Waals surface area contributed by atoms with E-state index in [0.29, 0.717) is 0 Å². The fraction of sp³-hybridized carbons (Fsp3) is 0.579. The molecule has 2 fully saturated rings. The number of hydrogen-bond acceptors (Lipinski definition) is 4. The van der Waals surface area contributed by atoms with Gasteiger partial charge in [0.2, 0.25) is 5.91 Å². The maximum atomic E-state index is 12.5. The van der Waals surface area contributed by atoms with Crippen LogP contribution in [0.4, 0.5) is 0 Å². The fourth-order valence-electron chi connectivity index (χ4n) is 3.92. The van der Waals surface area contributed by atoms with Gasteiger partial charge in [0.15, 0.2) is 0 Å². The number of carbonyl (C=O) groups is 2. The lowest BCUT2D eigenvalue weighted by atomic mass is 9.97. The Balaban J connectivity index is 1.57. The zero-order valence-electron chi connectivity index (χ0n) is 15.2. The summed E-state index contributed by atoms with van der Waals surface area (Å²) in [5, 5.41) is 3.18. The Morgan fingerprint density at radius 1 is 1.28 bits per heavy atom. The van der Waals surface area contributed by atoms with Gasteiger partial charge in [0.1, 0.15) is 0 Å². The van der Waals surface area contributed by atoms with Crippen molar-refractivity contribution in [3.63, 3.8) is 0 Å². The summed E-state index contributed by atoms with van der Waals surface area (Å²) in [6.45, 7) is 2.78. The Labute approximate surface area is 153 Å². The summed E-state index contributed by atoms with van der Waals surface area (Å²) in [6.07, 6.45) is 7.44. The summed E-state index contributed by atoms with van der Waals surface area (Å²) in [5.41, 5.74) is 0. The maximum Gasteiger partial charge on any atom is 0.261 e.